The summed E-state index contributed by atoms with van der Waals surface area (Å²) in [6.45, 7) is 1.58. The molecule has 0 aliphatic rings. The first-order valence-electron chi connectivity index (χ1n) is 5.30. The van der Waals surface area contributed by atoms with Gasteiger partial charge in [-0.05, 0) is 12.0 Å². The molecule has 0 spiro atoms. The lowest BCUT2D eigenvalue weighted by atomic mass is 10.1. The van der Waals surface area contributed by atoms with Crippen molar-refractivity contribution in [2.75, 3.05) is 5.75 Å². The van der Waals surface area contributed by atoms with E-state index >= 15 is 0 Å². The Kier molecular flexibility index (Phi) is 5.94. The zero-order valence-electron chi connectivity index (χ0n) is 9.68. The predicted octanol–water partition coefficient (Wildman–Crippen LogP) is 3.00. The van der Waals surface area contributed by atoms with Crippen molar-refractivity contribution < 1.29 is 4.79 Å². The van der Waals surface area contributed by atoms with E-state index in [4.69, 9.17) is 18.0 Å². The number of thioether (sulfide) groups is 1. The monoisotopic (exact) mass is 265 g/mol. The normalized spacial score (nSPS) is 10.6. The van der Waals surface area contributed by atoms with Gasteiger partial charge in [0.05, 0.1) is 0 Å². The SMILES string of the molecule is CC(=O)SCCC=Cc1ccccc1C(N)=S. The number of thiocarbonyl (C=S) groups is 1. The third kappa shape index (κ3) is 5.15. The summed E-state index contributed by atoms with van der Waals surface area (Å²) >= 11 is 6.32. The maximum absolute atomic E-state index is 10.7. The molecule has 0 aromatic heterocycles. The Hall–Kier alpha value is -1.13. The molecule has 0 amide bonds. The van der Waals surface area contributed by atoms with Crippen LogP contribution in [0.5, 0.6) is 0 Å². The van der Waals surface area contributed by atoms with E-state index in [-0.39, 0.29) is 5.12 Å². The second-order valence-corrected chi connectivity index (χ2v) is 5.19. The van der Waals surface area contributed by atoms with Crippen molar-refractivity contribution in [2.45, 2.75) is 13.3 Å². The first-order chi connectivity index (χ1) is 8.11. The number of benzene rings is 1. The quantitative estimate of drug-likeness (QED) is 0.656. The largest absolute Gasteiger partial charge is 0.389 e. The summed E-state index contributed by atoms with van der Waals surface area (Å²) in [6, 6.07) is 7.75. The molecule has 90 valence electrons. The minimum Gasteiger partial charge on any atom is -0.389 e. The van der Waals surface area contributed by atoms with Crippen molar-refractivity contribution in [2.24, 2.45) is 5.73 Å². The van der Waals surface area contributed by atoms with E-state index in [0.717, 1.165) is 23.3 Å². The van der Waals surface area contributed by atoms with Gasteiger partial charge in [0.1, 0.15) is 4.99 Å². The highest BCUT2D eigenvalue weighted by atomic mass is 32.2. The lowest BCUT2D eigenvalue weighted by molar-refractivity contribution is -0.109. The van der Waals surface area contributed by atoms with Crippen molar-refractivity contribution in [3.8, 4) is 0 Å². The van der Waals surface area contributed by atoms with Crippen LogP contribution in [0.2, 0.25) is 0 Å². The van der Waals surface area contributed by atoms with Gasteiger partial charge in [0.2, 0.25) is 0 Å². The zero-order chi connectivity index (χ0) is 12.7. The summed E-state index contributed by atoms with van der Waals surface area (Å²) in [6.07, 6.45) is 4.89. The molecule has 0 heterocycles. The van der Waals surface area contributed by atoms with Crippen molar-refractivity contribution in [1.82, 2.24) is 0 Å². The highest BCUT2D eigenvalue weighted by Crippen LogP contribution is 2.12. The zero-order valence-corrected chi connectivity index (χ0v) is 11.3. The molecule has 0 aliphatic carbocycles. The van der Waals surface area contributed by atoms with Gasteiger partial charge in [-0.15, -0.1) is 0 Å². The molecule has 1 rings (SSSR count). The van der Waals surface area contributed by atoms with Gasteiger partial charge in [0.15, 0.2) is 5.12 Å². The van der Waals surface area contributed by atoms with Crippen LogP contribution in [0.3, 0.4) is 0 Å². The number of carbonyl (C=O) groups excluding carboxylic acids is 1. The highest BCUT2D eigenvalue weighted by Gasteiger charge is 2.00. The van der Waals surface area contributed by atoms with E-state index in [2.05, 4.69) is 0 Å². The minimum atomic E-state index is 0.155. The standard InChI is InChI=1S/C13H15NOS2/c1-10(15)17-9-5-4-7-11-6-2-3-8-12(11)13(14)16/h2-4,6-8H,5,9H2,1H3,(H2,14,16). The number of allylic oxidation sites excluding steroid dienone is 1. The third-order valence-corrected chi connectivity index (χ3v) is 3.18. The summed E-state index contributed by atoms with van der Waals surface area (Å²) in [5.74, 6) is 0.807. The lowest BCUT2D eigenvalue weighted by Gasteiger charge is -2.02. The van der Waals surface area contributed by atoms with Crippen LogP contribution < -0.4 is 5.73 Å². The number of nitrogens with two attached hydrogens (primary N) is 1. The van der Waals surface area contributed by atoms with Crippen molar-refractivity contribution in [1.29, 1.82) is 0 Å². The summed E-state index contributed by atoms with van der Waals surface area (Å²) in [5, 5.41) is 0.155. The van der Waals surface area contributed by atoms with Gasteiger partial charge >= 0.3 is 0 Å². The fourth-order valence-electron chi connectivity index (χ4n) is 1.35. The molecule has 4 heteroatoms. The van der Waals surface area contributed by atoms with Gasteiger partial charge < -0.3 is 5.73 Å². The van der Waals surface area contributed by atoms with E-state index in [1.807, 2.05) is 36.4 Å². The van der Waals surface area contributed by atoms with Crippen LogP contribution in [0.4, 0.5) is 0 Å². The van der Waals surface area contributed by atoms with Crippen molar-refractivity contribution in [3.63, 3.8) is 0 Å². The molecule has 17 heavy (non-hydrogen) atoms. The van der Waals surface area contributed by atoms with E-state index in [1.54, 1.807) is 6.92 Å². The molecule has 1 aromatic carbocycles. The van der Waals surface area contributed by atoms with E-state index < -0.39 is 0 Å². The number of rotatable bonds is 5. The minimum absolute atomic E-state index is 0.155. The fourth-order valence-corrected chi connectivity index (χ4v) is 2.08. The van der Waals surface area contributed by atoms with Crippen LogP contribution in [0.25, 0.3) is 6.08 Å². The summed E-state index contributed by atoms with van der Waals surface area (Å²) < 4.78 is 0. The smallest absolute Gasteiger partial charge is 0.185 e. The molecular formula is C13H15NOS2. The summed E-state index contributed by atoms with van der Waals surface area (Å²) in [7, 11) is 0. The Labute approximate surface area is 111 Å². The van der Waals surface area contributed by atoms with Crippen molar-refractivity contribution >= 4 is 40.2 Å². The molecular weight excluding hydrogens is 250 g/mol. The van der Waals surface area contributed by atoms with Crippen molar-refractivity contribution in [3.05, 3.63) is 41.5 Å². The average Bonchev–Trinajstić information content (AvgIpc) is 2.28. The molecule has 2 nitrogen and oxygen atoms in total. The molecule has 0 atom stereocenters. The van der Waals surface area contributed by atoms with Gasteiger partial charge in [-0.3, -0.25) is 4.79 Å². The van der Waals surface area contributed by atoms with Crippen LogP contribution in [0.15, 0.2) is 30.3 Å². The van der Waals surface area contributed by atoms with Gasteiger partial charge in [0.25, 0.3) is 0 Å². The maximum Gasteiger partial charge on any atom is 0.185 e. The van der Waals surface area contributed by atoms with Gasteiger partial charge in [-0.25, -0.2) is 0 Å². The van der Waals surface area contributed by atoms with E-state index in [1.165, 1.54) is 11.8 Å². The molecule has 0 unspecified atom stereocenters. The van der Waals surface area contributed by atoms with Crippen LogP contribution in [0.1, 0.15) is 24.5 Å². The van der Waals surface area contributed by atoms with Crippen LogP contribution in [-0.4, -0.2) is 15.9 Å². The Bertz CT molecular complexity index is 441. The Balaban J connectivity index is 2.59. The molecule has 0 fully saturated rings. The Morgan fingerprint density at radius 2 is 2.18 bits per heavy atom. The second kappa shape index (κ2) is 7.25. The molecule has 0 saturated heterocycles. The van der Waals surface area contributed by atoms with Crippen LogP contribution in [-0.2, 0) is 4.79 Å². The number of hydrogen-bond acceptors (Lipinski definition) is 3. The van der Waals surface area contributed by atoms with E-state index in [0.29, 0.717) is 4.99 Å². The molecule has 0 radical (unpaired) electrons. The van der Waals surface area contributed by atoms with Crippen LogP contribution >= 0.6 is 24.0 Å². The van der Waals surface area contributed by atoms with Gasteiger partial charge in [-0.1, -0.05) is 60.4 Å². The molecule has 0 saturated carbocycles. The molecule has 0 bridgehead atoms. The maximum atomic E-state index is 10.7. The average molecular weight is 265 g/mol. The predicted molar refractivity (Wildman–Crippen MR) is 79.1 cm³/mol. The van der Waals surface area contributed by atoms with Gasteiger partial charge in [0, 0.05) is 18.2 Å². The first kappa shape index (κ1) is 13.9. The first-order valence-corrected chi connectivity index (χ1v) is 6.69. The number of hydrogen-bond donors (Lipinski definition) is 1. The molecule has 2 N–H and O–H groups in total. The third-order valence-electron chi connectivity index (χ3n) is 2.11. The molecule has 0 aliphatic heterocycles. The highest BCUT2D eigenvalue weighted by molar-refractivity contribution is 8.13. The Morgan fingerprint density at radius 1 is 1.47 bits per heavy atom. The summed E-state index contributed by atoms with van der Waals surface area (Å²) in [4.78, 5) is 11.1. The fraction of sp³-hybridized carbons (Fsp3) is 0.231. The number of carbonyl (C=O) groups is 1. The van der Waals surface area contributed by atoms with Crippen LogP contribution in [0, 0.1) is 0 Å². The second-order valence-electron chi connectivity index (χ2n) is 3.48. The summed E-state index contributed by atoms with van der Waals surface area (Å²) in [5.41, 5.74) is 7.54. The Morgan fingerprint density at radius 3 is 2.82 bits per heavy atom. The molecule has 1 aromatic rings. The van der Waals surface area contributed by atoms with E-state index in [9.17, 15) is 4.79 Å². The topological polar surface area (TPSA) is 43.1 Å². The lowest BCUT2D eigenvalue weighted by Crippen LogP contribution is -2.10. The van der Waals surface area contributed by atoms with Gasteiger partial charge in [-0.2, -0.15) is 0 Å².